The average molecular weight is 136 g/mol. The number of nitrogens with one attached hydrogen (secondary N) is 1. The van der Waals surface area contributed by atoms with Crippen molar-refractivity contribution in [2.24, 2.45) is 0 Å². The molecular weight excluding hydrogens is 124 g/mol. The van der Waals surface area contributed by atoms with E-state index < -0.39 is 0 Å². The number of nitrogens with zero attached hydrogens (tertiary/aromatic N) is 1. The lowest BCUT2D eigenvalue weighted by atomic mass is 10.3. The molecule has 2 heterocycles. The summed E-state index contributed by atoms with van der Waals surface area (Å²) in [6, 6.07) is 0.785. The molecule has 2 nitrogen and oxygen atoms in total. The normalized spacial score (nSPS) is 42.3. The maximum absolute atomic E-state index is 3.51. The van der Waals surface area contributed by atoms with Crippen molar-refractivity contribution in [3.63, 3.8) is 0 Å². The Morgan fingerprint density at radius 3 is 3.40 bits per heavy atom. The van der Waals surface area contributed by atoms with Crippen molar-refractivity contribution in [2.75, 3.05) is 6.54 Å². The lowest BCUT2D eigenvalue weighted by molar-refractivity contribution is 0.555. The summed E-state index contributed by atoms with van der Waals surface area (Å²) in [4.78, 5) is 2.52. The summed E-state index contributed by atoms with van der Waals surface area (Å²) in [5, 5.41) is 3.51. The molecule has 10 heavy (non-hydrogen) atoms. The minimum atomic E-state index is 0.704. The zero-order chi connectivity index (χ0) is 6.72. The van der Waals surface area contributed by atoms with Crippen LogP contribution in [0.25, 0.3) is 0 Å². The van der Waals surface area contributed by atoms with Gasteiger partial charge in [-0.2, -0.15) is 0 Å². The Morgan fingerprint density at radius 1 is 1.60 bits per heavy atom. The second-order valence-electron chi connectivity index (χ2n) is 3.52. The lowest BCUT2D eigenvalue weighted by Crippen LogP contribution is -2.21. The second-order valence-corrected chi connectivity index (χ2v) is 3.52. The van der Waals surface area contributed by atoms with Gasteiger partial charge in [0.05, 0.1) is 6.04 Å². The van der Waals surface area contributed by atoms with Crippen LogP contribution in [0.1, 0.15) is 19.8 Å². The van der Waals surface area contributed by atoms with Crippen molar-refractivity contribution in [1.29, 1.82) is 0 Å². The first-order chi connectivity index (χ1) is 4.88. The average Bonchev–Trinajstić information content (AvgIpc) is 2.66. The summed E-state index contributed by atoms with van der Waals surface area (Å²) in [5.41, 5.74) is 3.36. The maximum atomic E-state index is 3.51. The fraction of sp³-hybridized carbons (Fsp3) is 0.750. The fourth-order valence-corrected chi connectivity index (χ4v) is 2.07. The van der Waals surface area contributed by atoms with Gasteiger partial charge in [-0.05, 0) is 18.9 Å². The molecule has 0 aromatic carbocycles. The molecule has 2 aliphatic heterocycles. The van der Waals surface area contributed by atoms with E-state index in [0.29, 0.717) is 6.17 Å². The first kappa shape index (κ1) is 5.19. The third-order valence-corrected chi connectivity index (χ3v) is 2.86. The minimum absolute atomic E-state index is 0.704. The number of fused-ring (bicyclic) bond motifs is 2. The van der Waals surface area contributed by atoms with E-state index in [1.165, 1.54) is 19.4 Å². The quantitative estimate of drug-likeness (QED) is 0.492. The molecule has 1 N–H and O–H groups in total. The molecule has 0 radical (unpaired) electrons. The Kier molecular flexibility index (Phi) is 0.725. The number of allylic oxidation sites excluding steroid dienone is 1. The molecule has 0 aromatic heterocycles. The molecule has 0 spiro atoms. The van der Waals surface area contributed by atoms with Crippen LogP contribution in [0.2, 0.25) is 0 Å². The van der Waals surface area contributed by atoms with Crippen LogP contribution in [0.15, 0.2) is 11.3 Å². The Bertz CT molecular complexity index is 219. The lowest BCUT2D eigenvalue weighted by Gasteiger charge is -1.98. The summed E-state index contributed by atoms with van der Waals surface area (Å²) in [5.74, 6) is 0. The van der Waals surface area contributed by atoms with Gasteiger partial charge in [0, 0.05) is 18.7 Å². The van der Waals surface area contributed by atoms with Crippen LogP contribution in [0.4, 0.5) is 0 Å². The van der Waals surface area contributed by atoms with E-state index in [2.05, 4.69) is 17.1 Å². The SMILES string of the molecule is CC1C2NCCC3=C(C3)N12. The number of hydrogen-bond acceptors (Lipinski definition) is 2. The van der Waals surface area contributed by atoms with Crippen molar-refractivity contribution in [3.05, 3.63) is 11.3 Å². The van der Waals surface area contributed by atoms with Gasteiger partial charge in [0.15, 0.2) is 0 Å². The highest BCUT2D eigenvalue weighted by Gasteiger charge is 2.50. The van der Waals surface area contributed by atoms with Crippen molar-refractivity contribution in [1.82, 2.24) is 10.2 Å². The van der Waals surface area contributed by atoms with Crippen LogP contribution < -0.4 is 5.32 Å². The van der Waals surface area contributed by atoms with E-state index in [-0.39, 0.29) is 0 Å². The Morgan fingerprint density at radius 2 is 2.50 bits per heavy atom. The second kappa shape index (κ2) is 1.40. The van der Waals surface area contributed by atoms with Gasteiger partial charge in [-0.3, -0.25) is 5.32 Å². The Balaban J connectivity index is 1.91. The Labute approximate surface area is 60.9 Å². The highest BCUT2D eigenvalue weighted by molar-refractivity contribution is 5.39. The molecule has 2 heteroatoms. The topological polar surface area (TPSA) is 15.0 Å². The smallest absolute Gasteiger partial charge is 0.100 e. The standard InChI is InChI=1S/C8H12N2/c1-5-8-9-3-2-6-4-7(6)10(5)8/h5,8-9H,2-4H2,1H3. The van der Waals surface area contributed by atoms with Crippen LogP contribution in [0.5, 0.6) is 0 Å². The molecule has 3 rings (SSSR count). The van der Waals surface area contributed by atoms with Gasteiger partial charge in [-0.1, -0.05) is 0 Å². The molecular formula is C8H12N2. The van der Waals surface area contributed by atoms with E-state index in [1.54, 1.807) is 11.3 Å². The highest BCUT2D eigenvalue weighted by atomic mass is 15.5. The first-order valence-corrected chi connectivity index (χ1v) is 4.10. The monoisotopic (exact) mass is 136 g/mol. The summed E-state index contributed by atoms with van der Waals surface area (Å²) < 4.78 is 0. The molecule has 0 bridgehead atoms. The molecule has 0 aromatic rings. The third kappa shape index (κ3) is 0.487. The molecule has 54 valence electrons. The van der Waals surface area contributed by atoms with Crippen LogP contribution in [-0.4, -0.2) is 23.7 Å². The summed E-state index contributed by atoms with van der Waals surface area (Å²) in [6.45, 7) is 3.50. The molecule has 2 atom stereocenters. The first-order valence-electron chi connectivity index (χ1n) is 4.10. The van der Waals surface area contributed by atoms with E-state index in [4.69, 9.17) is 0 Å². The van der Waals surface area contributed by atoms with Gasteiger partial charge in [0.1, 0.15) is 6.17 Å². The third-order valence-electron chi connectivity index (χ3n) is 2.86. The van der Waals surface area contributed by atoms with Crippen molar-refractivity contribution < 1.29 is 0 Å². The van der Waals surface area contributed by atoms with Crippen LogP contribution in [0.3, 0.4) is 0 Å². The van der Waals surface area contributed by atoms with Crippen LogP contribution in [0, 0.1) is 0 Å². The van der Waals surface area contributed by atoms with E-state index in [1.807, 2.05) is 0 Å². The molecule has 1 fully saturated rings. The molecule has 3 aliphatic rings. The zero-order valence-corrected chi connectivity index (χ0v) is 6.22. The molecule has 1 saturated heterocycles. The van der Waals surface area contributed by atoms with Crippen LogP contribution >= 0.6 is 0 Å². The number of rotatable bonds is 0. The maximum Gasteiger partial charge on any atom is 0.100 e. The minimum Gasteiger partial charge on any atom is -0.351 e. The summed E-state index contributed by atoms with van der Waals surface area (Å²) in [7, 11) is 0. The van der Waals surface area contributed by atoms with Crippen molar-refractivity contribution >= 4 is 0 Å². The van der Waals surface area contributed by atoms with E-state index in [0.717, 1.165) is 6.04 Å². The largest absolute Gasteiger partial charge is 0.351 e. The molecule has 0 amide bonds. The predicted octanol–water partition coefficient (Wildman–Crippen LogP) is 0.668. The fourth-order valence-electron chi connectivity index (χ4n) is 2.07. The predicted molar refractivity (Wildman–Crippen MR) is 39.4 cm³/mol. The van der Waals surface area contributed by atoms with Crippen molar-refractivity contribution in [3.8, 4) is 0 Å². The molecule has 0 saturated carbocycles. The van der Waals surface area contributed by atoms with Gasteiger partial charge in [0.25, 0.3) is 0 Å². The van der Waals surface area contributed by atoms with Gasteiger partial charge in [-0.25, -0.2) is 0 Å². The van der Waals surface area contributed by atoms with Crippen LogP contribution in [-0.2, 0) is 0 Å². The van der Waals surface area contributed by atoms with E-state index in [9.17, 15) is 0 Å². The Hall–Kier alpha value is -0.500. The van der Waals surface area contributed by atoms with E-state index >= 15 is 0 Å². The molecule has 2 unspecified atom stereocenters. The number of hydrogen-bond donors (Lipinski definition) is 1. The van der Waals surface area contributed by atoms with Gasteiger partial charge < -0.3 is 4.90 Å². The van der Waals surface area contributed by atoms with Gasteiger partial charge in [0.2, 0.25) is 0 Å². The van der Waals surface area contributed by atoms with Gasteiger partial charge in [-0.15, -0.1) is 0 Å². The van der Waals surface area contributed by atoms with Crippen molar-refractivity contribution in [2.45, 2.75) is 32.0 Å². The zero-order valence-electron chi connectivity index (χ0n) is 6.22. The molecule has 1 aliphatic carbocycles. The summed E-state index contributed by atoms with van der Waals surface area (Å²) >= 11 is 0. The highest BCUT2D eigenvalue weighted by Crippen LogP contribution is 2.47. The van der Waals surface area contributed by atoms with Gasteiger partial charge >= 0.3 is 0 Å². The summed E-state index contributed by atoms with van der Waals surface area (Å²) in [6.07, 6.45) is 3.33.